The van der Waals surface area contributed by atoms with E-state index < -0.39 is 0 Å². The molecule has 4 nitrogen and oxygen atoms in total. The molecule has 0 bridgehead atoms. The van der Waals surface area contributed by atoms with Crippen molar-refractivity contribution in [2.75, 3.05) is 0 Å². The number of nitrogens with zero attached hydrogens (tertiary/aromatic N) is 2. The summed E-state index contributed by atoms with van der Waals surface area (Å²) in [6, 6.07) is 9.65. The lowest BCUT2D eigenvalue weighted by Crippen LogP contribution is -2.29. The van der Waals surface area contributed by atoms with Crippen LogP contribution in [0.4, 0.5) is 0 Å². The van der Waals surface area contributed by atoms with E-state index in [0.717, 1.165) is 26.4 Å². The molecule has 0 aliphatic carbocycles. The van der Waals surface area contributed by atoms with E-state index in [9.17, 15) is 9.59 Å². The summed E-state index contributed by atoms with van der Waals surface area (Å²) in [4.78, 5) is 33.1. The average molecular weight is 423 g/mol. The molecule has 0 N–H and O–H groups in total. The Morgan fingerprint density at radius 3 is 2.59 bits per heavy atom. The first-order valence-corrected chi connectivity index (χ1v) is 11.3. The van der Waals surface area contributed by atoms with E-state index in [1.165, 1.54) is 11.3 Å². The highest BCUT2D eigenvalue weighted by Crippen LogP contribution is 2.34. The van der Waals surface area contributed by atoms with Crippen molar-refractivity contribution in [3.63, 3.8) is 0 Å². The summed E-state index contributed by atoms with van der Waals surface area (Å²) in [6.45, 7) is 8.00. The van der Waals surface area contributed by atoms with Crippen LogP contribution in [0, 0.1) is 13.8 Å². The van der Waals surface area contributed by atoms with Crippen molar-refractivity contribution in [3.8, 4) is 10.4 Å². The van der Waals surface area contributed by atoms with Gasteiger partial charge in [-0.15, -0.1) is 22.7 Å². The standard InChI is InChI=1S/C23H22N2O2S2/c1-13(2)21-24-22-20(17(12-29-22)19-6-5-9-28-19)23(27)25(21)11-18(26)16-8-7-14(3)15(4)10-16/h5-10,12-13H,11H2,1-4H3. The lowest BCUT2D eigenvalue weighted by Gasteiger charge is -2.15. The van der Waals surface area contributed by atoms with Gasteiger partial charge < -0.3 is 0 Å². The number of carbonyl (C=O) groups is 1. The second-order valence-electron chi connectivity index (χ2n) is 7.55. The van der Waals surface area contributed by atoms with Gasteiger partial charge in [0.2, 0.25) is 0 Å². The summed E-state index contributed by atoms with van der Waals surface area (Å²) in [6.07, 6.45) is 0. The van der Waals surface area contributed by atoms with Crippen LogP contribution in [0.3, 0.4) is 0 Å². The zero-order valence-corrected chi connectivity index (χ0v) is 18.5. The van der Waals surface area contributed by atoms with E-state index in [0.29, 0.717) is 16.8 Å². The number of carbonyl (C=O) groups excluding carboxylic acids is 1. The minimum absolute atomic E-state index is 0.00247. The van der Waals surface area contributed by atoms with Gasteiger partial charge >= 0.3 is 0 Å². The van der Waals surface area contributed by atoms with Crippen LogP contribution in [0.1, 0.15) is 47.1 Å². The molecule has 0 fully saturated rings. The van der Waals surface area contributed by atoms with Crippen LogP contribution in [0.15, 0.2) is 45.9 Å². The van der Waals surface area contributed by atoms with Gasteiger partial charge in [-0.1, -0.05) is 32.0 Å². The van der Waals surface area contributed by atoms with E-state index in [4.69, 9.17) is 4.98 Å². The highest BCUT2D eigenvalue weighted by atomic mass is 32.1. The fraction of sp³-hybridized carbons (Fsp3) is 0.261. The van der Waals surface area contributed by atoms with Gasteiger partial charge in [0.1, 0.15) is 10.7 Å². The van der Waals surface area contributed by atoms with E-state index in [1.54, 1.807) is 15.9 Å². The molecule has 6 heteroatoms. The second kappa shape index (κ2) is 7.69. The molecule has 0 atom stereocenters. The number of benzene rings is 1. The smallest absolute Gasteiger partial charge is 0.263 e. The van der Waals surface area contributed by atoms with Gasteiger partial charge in [0.25, 0.3) is 5.56 Å². The maximum atomic E-state index is 13.5. The molecule has 0 amide bonds. The van der Waals surface area contributed by atoms with Gasteiger partial charge in [-0.05, 0) is 42.5 Å². The predicted octanol–water partition coefficient (Wildman–Crippen LogP) is 5.81. The number of rotatable bonds is 5. The molecular weight excluding hydrogens is 400 g/mol. The minimum atomic E-state index is -0.138. The number of thiophene rings is 2. The topological polar surface area (TPSA) is 52.0 Å². The quantitative estimate of drug-likeness (QED) is 0.381. The Hall–Kier alpha value is -2.57. The molecule has 0 aliphatic rings. The third-order valence-electron chi connectivity index (χ3n) is 5.16. The first-order chi connectivity index (χ1) is 13.9. The van der Waals surface area contributed by atoms with Gasteiger partial charge in [0.15, 0.2) is 5.78 Å². The molecule has 0 radical (unpaired) electrons. The number of aromatic nitrogens is 2. The van der Waals surface area contributed by atoms with E-state index in [2.05, 4.69) is 0 Å². The van der Waals surface area contributed by atoms with Crippen molar-refractivity contribution in [1.29, 1.82) is 0 Å². The molecule has 1 aromatic carbocycles. The largest absolute Gasteiger partial charge is 0.292 e. The van der Waals surface area contributed by atoms with Crippen LogP contribution < -0.4 is 5.56 Å². The first kappa shape index (κ1) is 19.7. The Bertz CT molecular complexity index is 1260. The Balaban J connectivity index is 1.85. The minimum Gasteiger partial charge on any atom is -0.292 e. The van der Waals surface area contributed by atoms with Crippen LogP contribution in [0.5, 0.6) is 0 Å². The Morgan fingerprint density at radius 2 is 1.93 bits per heavy atom. The van der Waals surface area contributed by atoms with Crippen LogP contribution in [0.25, 0.3) is 20.7 Å². The van der Waals surface area contributed by atoms with Crippen molar-refractivity contribution in [2.24, 2.45) is 0 Å². The van der Waals surface area contributed by atoms with Crippen LogP contribution in [-0.2, 0) is 6.54 Å². The molecule has 0 saturated heterocycles. The Kier molecular flexibility index (Phi) is 5.23. The molecule has 4 aromatic rings. The molecule has 3 aromatic heterocycles. The van der Waals surface area contributed by atoms with Gasteiger partial charge in [0.05, 0.1) is 11.9 Å². The fourth-order valence-electron chi connectivity index (χ4n) is 3.40. The number of aryl methyl sites for hydroxylation is 2. The summed E-state index contributed by atoms with van der Waals surface area (Å²) in [5.74, 6) is 0.609. The third kappa shape index (κ3) is 3.58. The number of hydrogen-bond acceptors (Lipinski definition) is 5. The van der Waals surface area contributed by atoms with Crippen molar-refractivity contribution < 1.29 is 4.79 Å². The Labute approximate surface area is 177 Å². The summed E-state index contributed by atoms with van der Waals surface area (Å²) in [5.41, 5.74) is 3.60. The van der Waals surface area contributed by atoms with E-state index >= 15 is 0 Å². The molecule has 3 heterocycles. The zero-order valence-electron chi connectivity index (χ0n) is 16.9. The second-order valence-corrected chi connectivity index (χ2v) is 9.35. The average Bonchev–Trinajstić information content (AvgIpc) is 3.35. The normalized spacial score (nSPS) is 11.5. The van der Waals surface area contributed by atoms with Crippen molar-refractivity contribution in [3.05, 3.63) is 74.0 Å². The third-order valence-corrected chi connectivity index (χ3v) is 6.93. The van der Waals surface area contributed by atoms with E-state index in [1.807, 2.05) is 68.8 Å². The highest BCUT2D eigenvalue weighted by molar-refractivity contribution is 7.18. The molecule has 0 aliphatic heterocycles. The zero-order chi connectivity index (χ0) is 20.7. The number of ketones is 1. The summed E-state index contributed by atoms with van der Waals surface area (Å²) >= 11 is 3.08. The van der Waals surface area contributed by atoms with Crippen LogP contribution >= 0.6 is 22.7 Å². The summed E-state index contributed by atoms with van der Waals surface area (Å²) in [5, 5.41) is 4.59. The molecule has 0 unspecified atom stereocenters. The highest BCUT2D eigenvalue weighted by Gasteiger charge is 2.21. The van der Waals surface area contributed by atoms with Gasteiger partial charge in [-0.25, -0.2) is 4.98 Å². The lowest BCUT2D eigenvalue weighted by atomic mass is 10.0. The van der Waals surface area contributed by atoms with E-state index in [-0.39, 0.29) is 23.8 Å². The molecule has 29 heavy (non-hydrogen) atoms. The summed E-state index contributed by atoms with van der Waals surface area (Å²) in [7, 11) is 0. The maximum absolute atomic E-state index is 13.5. The van der Waals surface area contributed by atoms with Crippen LogP contribution in [-0.4, -0.2) is 15.3 Å². The Morgan fingerprint density at radius 1 is 1.14 bits per heavy atom. The molecular formula is C23H22N2O2S2. The summed E-state index contributed by atoms with van der Waals surface area (Å²) < 4.78 is 1.56. The molecule has 0 spiro atoms. The SMILES string of the molecule is Cc1ccc(C(=O)Cn2c(C(C)C)nc3scc(-c4cccs4)c3c2=O)cc1C. The number of Topliss-reactive ketones (excluding diaryl/α,β-unsaturated/α-hetero) is 1. The molecule has 0 saturated carbocycles. The van der Waals surface area contributed by atoms with Crippen molar-refractivity contribution >= 4 is 38.7 Å². The maximum Gasteiger partial charge on any atom is 0.263 e. The number of hydrogen-bond donors (Lipinski definition) is 0. The van der Waals surface area contributed by atoms with Crippen LogP contribution in [0.2, 0.25) is 0 Å². The monoisotopic (exact) mass is 422 g/mol. The molecule has 148 valence electrons. The van der Waals surface area contributed by atoms with Crippen molar-refractivity contribution in [2.45, 2.75) is 40.2 Å². The lowest BCUT2D eigenvalue weighted by molar-refractivity contribution is 0.0969. The van der Waals surface area contributed by atoms with Gasteiger partial charge in [-0.2, -0.15) is 0 Å². The predicted molar refractivity (Wildman–Crippen MR) is 122 cm³/mol. The van der Waals surface area contributed by atoms with Gasteiger partial charge in [-0.3, -0.25) is 14.2 Å². The number of fused-ring (bicyclic) bond motifs is 1. The van der Waals surface area contributed by atoms with Crippen molar-refractivity contribution in [1.82, 2.24) is 9.55 Å². The molecule has 4 rings (SSSR count). The fourth-order valence-corrected chi connectivity index (χ4v) is 5.16. The first-order valence-electron chi connectivity index (χ1n) is 9.53. The van der Waals surface area contributed by atoms with Gasteiger partial charge in [0, 0.05) is 27.3 Å².